The summed E-state index contributed by atoms with van der Waals surface area (Å²) in [5, 5.41) is 15.4. The Morgan fingerprint density at radius 1 is 0.800 bits per heavy atom. The number of rotatable bonds is 8. The van der Waals surface area contributed by atoms with Crippen molar-refractivity contribution >= 4 is 29.0 Å². The number of carboxylic acids is 2. The molecule has 0 unspecified atom stereocenters. The first-order valence-corrected chi connectivity index (χ1v) is 7.71. The first kappa shape index (κ1) is 24.1. The highest BCUT2D eigenvalue weighted by molar-refractivity contribution is 7.80. The van der Waals surface area contributed by atoms with E-state index in [9.17, 15) is 9.59 Å². The third-order valence-electron chi connectivity index (χ3n) is 2.22. The standard InChI is InChI=1S/C9H18S.2C3H6O2/c1-3-5-7-9(10)8-6-4-2;2*1-2-3(4)5/h3-8H2,1-2H3;2*2H2,1H3,(H,4,5). The Balaban J connectivity index is -0.000000244. The van der Waals surface area contributed by atoms with Crippen molar-refractivity contribution in [2.45, 2.75) is 79.1 Å². The molecule has 4 nitrogen and oxygen atoms in total. The van der Waals surface area contributed by atoms with Crippen molar-refractivity contribution < 1.29 is 19.8 Å². The predicted molar refractivity (Wildman–Crippen MR) is 87.5 cm³/mol. The van der Waals surface area contributed by atoms with Gasteiger partial charge in [-0.05, 0) is 30.5 Å². The van der Waals surface area contributed by atoms with E-state index >= 15 is 0 Å². The Morgan fingerprint density at radius 3 is 1.20 bits per heavy atom. The van der Waals surface area contributed by atoms with Crippen molar-refractivity contribution in [2.75, 3.05) is 0 Å². The van der Waals surface area contributed by atoms with Crippen molar-refractivity contribution in [2.24, 2.45) is 0 Å². The maximum absolute atomic E-state index is 9.37. The van der Waals surface area contributed by atoms with Crippen LogP contribution in [0, 0.1) is 0 Å². The van der Waals surface area contributed by atoms with E-state index in [0.717, 1.165) is 0 Å². The summed E-state index contributed by atoms with van der Waals surface area (Å²) < 4.78 is 0. The lowest BCUT2D eigenvalue weighted by molar-refractivity contribution is -0.137. The predicted octanol–water partition coefficient (Wildman–Crippen LogP) is 4.70. The largest absolute Gasteiger partial charge is 0.481 e. The second kappa shape index (κ2) is 20.3. The van der Waals surface area contributed by atoms with Crippen LogP contribution in [0.1, 0.15) is 79.1 Å². The molecule has 0 aliphatic rings. The fraction of sp³-hybridized carbons (Fsp3) is 0.800. The molecule has 0 rings (SSSR count). The summed E-state index contributed by atoms with van der Waals surface area (Å²) >= 11 is 5.18. The van der Waals surface area contributed by atoms with E-state index in [1.165, 1.54) is 43.4 Å². The minimum absolute atomic E-state index is 0.222. The van der Waals surface area contributed by atoms with Gasteiger partial charge in [-0.1, -0.05) is 52.8 Å². The van der Waals surface area contributed by atoms with E-state index in [-0.39, 0.29) is 12.8 Å². The van der Waals surface area contributed by atoms with Gasteiger partial charge in [-0.25, -0.2) is 0 Å². The van der Waals surface area contributed by atoms with E-state index in [1.807, 2.05) is 0 Å². The van der Waals surface area contributed by atoms with Crippen LogP contribution < -0.4 is 0 Å². The molecule has 0 spiro atoms. The SMILES string of the molecule is CCC(=O)O.CCC(=O)O.CCCCC(=S)CCCC. The number of hydrogen-bond acceptors (Lipinski definition) is 3. The number of unbranched alkanes of at least 4 members (excludes halogenated alkanes) is 2. The number of carbonyl (C=O) groups is 2. The van der Waals surface area contributed by atoms with E-state index in [0.29, 0.717) is 0 Å². The smallest absolute Gasteiger partial charge is 0.303 e. The van der Waals surface area contributed by atoms with Gasteiger partial charge in [0.1, 0.15) is 0 Å². The average Bonchev–Trinajstić information content (AvgIpc) is 2.43. The van der Waals surface area contributed by atoms with Gasteiger partial charge in [-0.15, -0.1) is 0 Å². The van der Waals surface area contributed by atoms with Gasteiger partial charge in [0.25, 0.3) is 0 Å². The highest BCUT2D eigenvalue weighted by Gasteiger charge is 1.94. The van der Waals surface area contributed by atoms with Crippen LogP contribution in [0.2, 0.25) is 0 Å². The minimum atomic E-state index is -0.745. The van der Waals surface area contributed by atoms with Crippen molar-refractivity contribution in [3.05, 3.63) is 0 Å². The first-order valence-electron chi connectivity index (χ1n) is 7.30. The molecule has 0 fully saturated rings. The fourth-order valence-corrected chi connectivity index (χ4v) is 1.16. The van der Waals surface area contributed by atoms with E-state index in [4.69, 9.17) is 22.4 Å². The van der Waals surface area contributed by atoms with Gasteiger partial charge in [0, 0.05) is 12.8 Å². The molecule has 0 aliphatic carbocycles. The zero-order valence-corrected chi connectivity index (χ0v) is 14.1. The Kier molecular flexibility index (Phi) is 24.5. The quantitative estimate of drug-likeness (QED) is 0.636. The molecule has 0 heterocycles. The Morgan fingerprint density at radius 2 is 1.05 bits per heavy atom. The van der Waals surface area contributed by atoms with Crippen LogP contribution in [-0.2, 0) is 9.59 Å². The molecular formula is C15H30O4S. The molecule has 0 aromatic rings. The van der Waals surface area contributed by atoms with Crippen molar-refractivity contribution in [1.29, 1.82) is 0 Å². The van der Waals surface area contributed by atoms with Gasteiger partial charge in [0.05, 0.1) is 0 Å². The molecule has 0 saturated carbocycles. The normalized spacial score (nSPS) is 8.60. The third-order valence-corrected chi connectivity index (χ3v) is 2.63. The van der Waals surface area contributed by atoms with Gasteiger partial charge in [0.2, 0.25) is 0 Å². The van der Waals surface area contributed by atoms with Crippen LogP contribution >= 0.6 is 12.2 Å². The molecule has 0 aliphatic heterocycles. The molecule has 2 N–H and O–H groups in total. The maximum Gasteiger partial charge on any atom is 0.303 e. The molecule has 0 aromatic carbocycles. The van der Waals surface area contributed by atoms with Gasteiger partial charge < -0.3 is 10.2 Å². The second-order valence-electron chi connectivity index (χ2n) is 4.24. The lowest BCUT2D eigenvalue weighted by atomic mass is 10.1. The number of carboxylic acid groups (broad SMARTS) is 2. The molecule has 0 saturated heterocycles. The zero-order valence-electron chi connectivity index (χ0n) is 13.3. The van der Waals surface area contributed by atoms with Crippen LogP contribution in [0.4, 0.5) is 0 Å². The molecular weight excluding hydrogens is 276 g/mol. The molecule has 5 heteroatoms. The molecule has 0 atom stereocenters. The highest BCUT2D eigenvalue weighted by Crippen LogP contribution is 2.04. The summed E-state index contributed by atoms with van der Waals surface area (Å²) in [7, 11) is 0. The molecule has 0 amide bonds. The second-order valence-corrected chi connectivity index (χ2v) is 4.82. The van der Waals surface area contributed by atoms with Gasteiger partial charge in [0.15, 0.2) is 0 Å². The Hall–Kier alpha value is -0.970. The monoisotopic (exact) mass is 306 g/mol. The van der Waals surface area contributed by atoms with Gasteiger partial charge >= 0.3 is 11.9 Å². The van der Waals surface area contributed by atoms with Crippen LogP contribution in [-0.4, -0.2) is 27.0 Å². The Labute approximate surface area is 128 Å². The topological polar surface area (TPSA) is 74.6 Å². The minimum Gasteiger partial charge on any atom is -0.481 e. The lowest BCUT2D eigenvalue weighted by Crippen LogP contribution is -1.93. The summed E-state index contributed by atoms with van der Waals surface area (Å²) in [6.07, 6.45) is 7.89. The third kappa shape index (κ3) is 36.0. The highest BCUT2D eigenvalue weighted by atomic mass is 32.1. The van der Waals surface area contributed by atoms with Crippen LogP contribution in [0.25, 0.3) is 0 Å². The fourth-order valence-electron chi connectivity index (χ4n) is 0.873. The molecule has 120 valence electrons. The molecule has 0 aromatic heterocycles. The Bertz CT molecular complexity index is 228. The summed E-state index contributed by atoms with van der Waals surface area (Å²) in [5.74, 6) is -1.49. The molecule has 20 heavy (non-hydrogen) atoms. The first-order chi connectivity index (χ1) is 9.35. The van der Waals surface area contributed by atoms with Gasteiger partial charge in [-0.2, -0.15) is 0 Å². The lowest BCUT2D eigenvalue weighted by Gasteiger charge is -1.99. The number of thiocarbonyl (C=S) groups is 1. The summed E-state index contributed by atoms with van der Waals surface area (Å²) in [6.45, 7) is 7.62. The maximum atomic E-state index is 9.37. The number of hydrogen-bond donors (Lipinski definition) is 2. The van der Waals surface area contributed by atoms with Crippen LogP contribution in [0.15, 0.2) is 0 Å². The van der Waals surface area contributed by atoms with E-state index in [2.05, 4.69) is 13.8 Å². The van der Waals surface area contributed by atoms with Crippen molar-refractivity contribution in [1.82, 2.24) is 0 Å². The molecule has 0 radical (unpaired) electrons. The van der Waals surface area contributed by atoms with E-state index < -0.39 is 11.9 Å². The molecule has 0 bridgehead atoms. The summed E-state index contributed by atoms with van der Waals surface area (Å²) in [6, 6.07) is 0. The van der Waals surface area contributed by atoms with Crippen LogP contribution in [0.3, 0.4) is 0 Å². The van der Waals surface area contributed by atoms with Gasteiger partial charge in [-0.3, -0.25) is 9.59 Å². The van der Waals surface area contributed by atoms with Crippen molar-refractivity contribution in [3.8, 4) is 0 Å². The van der Waals surface area contributed by atoms with Crippen molar-refractivity contribution in [3.63, 3.8) is 0 Å². The summed E-state index contributed by atoms with van der Waals surface area (Å²) in [4.78, 5) is 20.0. The zero-order chi connectivity index (χ0) is 16.4. The summed E-state index contributed by atoms with van der Waals surface area (Å²) in [5.41, 5.74) is 0. The number of aliphatic carboxylic acids is 2. The average molecular weight is 306 g/mol. The van der Waals surface area contributed by atoms with Crippen LogP contribution in [0.5, 0.6) is 0 Å². The van der Waals surface area contributed by atoms with E-state index in [1.54, 1.807) is 13.8 Å².